The summed E-state index contributed by atoms with van der Waals surface area (Å²) in [4.78, 5) is 29.6. The SMILES string of the molecule is Cc1ccc(-n2nc(N3CCN(C(=O)c4cccs4)CC3)ccc2=O)cc1C. The van der Waals surface area contributed by atoms with E-state index in [-0.39, 0.29) is 11.5 Å². The zero-order valence-electron chi connectivity index (χ0n) is 16.0. The van der Waals surface area contributed by atoms with Crippen LogP contribution in [-0.4, -0.2) is 46.8 Å². The maximum atomic E-state index is 12.5. The highest BCUT2D eigenvalue weighted by molar-refractivity contribution is 7.12. The summed E-state index contributed by atoms with van der Waals surface area (Å²) in [5, 5.41) is 6.51. The van der Waals surface area contributed by atoms with Gasteiger partial charge in [-0.2, -0.15) is 4.68 Å². The largest absolute Gasteiger partial charge is 0.352 e. The number of hydrogen-bond acceptors (Lipinski definition) is 5. The van der Waals surface area contributed by atoms with Gasteiger partial charge < -0.3 is 9.80 Å². The van der Waals surface area contributed by atoms with Crippen molar-refractivity contribution in [1.29, 1.82) is 0 Å². The van der Waals surface area contributed by atoms with Gasteiger partial charge in [-0.25, -0.2) is 0 Å². The Morgan fingerprint density at radius 3 is 2.46 bits per heavy atom. The average molecular weight is 395 g/mol. The summed E-state index contributed by atoms with van der Waals surface area (Å²) >= 11 is 1.47. The Morgan fingerprint density at radius 2 is 1.79 bits per heavy atom. The molecule has 144 valence electrons. The second-order valence-corrected chi connectivity index (χ2v) is 7.91. The molecule has 0 saturated carbocycles. The Kier molecular flexibility index (Phi) is 5.00. The van der Waals surface area contributed by atoms with E-state index in [0.717, 1.165) is 21.9 Å². The minimum atomic E-state index is -0.154. The number of hydrogen-bond donors (Lipinski definition) is 0. The Morgan fingerprint density at radius 1 is 1.00 bits per heavy atom. The van der Waals surface area contributed by atoms with E-state index in [1.165, 1.54) is 21.6 Å². The van der Waals surface area contributed by atoms with E-state index in [1.54, 1.807) is 12.1 Å². The van der Waals surface area contributed by atoms with Crippen LogP contribution in [0.25, 0.3) is 5.69 Å². The van der Waals surface area contributed by atoms with Gasteiger partial charge in [0.25, 0.3) is 11.5 Å². The van der Waals surface area contributed by atoms with E-state index in [1.807, 2.05) is 54.5 Å². The van der Waals surface area contributed by atoms with Gasteiger partial charge >= 0.3 is 0 Å². The van der Waals surface area contributed by atoms with Gasteiger partial charge in [-0.1, -0.05) is 12.1 Å². The molecule has 1 saturated heterocycles. The maximum Gasteiger partial charge on any atom is 0.271 e. The molecule has 6 nitrogen and oxygen atoms in total. The number of piperazine rings is 1. The van der Waals surface area contributed by atoms with Crippen LogP contribution in [0.4, 0.5) is 5.82 Å². The summed E-state index contributed by atoms with van der Waals surface area (Å²) in [5.74, 6) is 0.837. The van der Waals surface area contributed by atoms with Crippen LogP contribution >= 0.6 is 11.3 Å². The van der Waals surface area contributed by atoms with Gasteiger partial charge in [-0.05, 0) is 54.6 Å². The predicted octanol–water partition coefficient (Wildman–Crippen LogP) is 2.87. The van der Waals surface area contributed by atoms with Crippen LogP contribution < -0.4 is 10.5 Å². The third-order valence-corrected chi connectivity index (χ3v) is 6.00. The molecule has 3 aromatic rings. The minimum Gasteiger partial charge on any atom is -0.352 e. The summed E-state index contributed by atoms with van der Waals surface area (Å²) in [7, 11) is 0. The number of aryl methyl sites for hydroxylation is 2. The van der Waals surface area contributed by atoms with Gasteiger partial charge in [-0.3, -0.25) is 9.59 Å². The van der Waals surface area contributed by atoms with Crippen molar-refractivity contribution in [2.24, 2.45) is 0 Å². The summed E-state index contributed by atoms with van der Waals surface area (Å²) in [6.45, 7) is 6.73. The highest BCUT2D eigenvalue weighted by atomic mass is 32.1. The van der Waals surface area contributed by atoms with Gasteiger partial charge in [0.05, 0.1) is 10.6 Å². The second kappa shape index (κ2) is 7.59. The van der Waals surface area contributed by atoms with E-state index in [4.69, 9.17) is 0 Å². The number of anilines is 1. The van der Waals surface area contributed by atoms with Crippen molar-refractivity contribution in [1.82, 2.24) is 14.7 Å². The lowest BCUT2D eigenvalue weighted by Crippen LogP contribution is -2.49. The first-order valence-corrected chi connectivity index (χ1v) is 10.2. The molecule has 0 aliphatic carbocycles. The molecule has 0 N–H and O–H groups in total. The van der Waals surface area contributed by atoms with Gasteiger partial charge in [0, 0.05) is 32.2 Å². The molecule has 0 bridgehead atoms. The molecule has 28 heavy (non-hydrogen) atoms. The Labute approximate surface area is 167 Å². The number of aromatic nitrogens is 2. The van der Waals surface area contributed by atoms with Crippen molar-refractivity contribution < 1.29 is 4.79 Å². The average Bonchev–Trinajstić information content (AvgIpc) is 3.25. The smallest absolute Gasteiger partial charge is 0.271 e. The number of thiophene rings is 1. The molecule has 1 aliphatic heterocycles. The number of rotatable bonds is 3. The standard InChI is InChI=1S/C21H22N4O2S/c1-15-5-6-17(14-16(15)2)25-20(26)8-7-19(22-25)23-9-11-24(12-10-23)21(27)18-4-3-13-28-18/h3-8,13-14H,9-12H2,1-2H3. The third-order valence-electron chi connectivity index (χ3n) is 5.14. The van der Waals surface area contributed by atoms with Gasteiger partial charge in [0.1, 0.15) is 5.82 Å². The predicted molar refractivity (Wildman–Crippen MR) is 112 cm³/mol. The Bertz CT molecular complexity index is 1050. The maximum absolute atomic E-state index is 12.5. The van der Waals surface area contributed by atoms with Gasteiger partial charge in [0.15, 0.2) is 0 Å². The van der Waals surface area contributed by atoms with Crippen LogP contribution in [-0.2, 0) is 0 Å². The second-order valence-electron chi connectivity index (χ2n) is 6.97. The minimum absolute atomic E-state index is 0.0858. The van der Waals surface area contributed by atoms with E-state index in [2.05, 4.69) is 10.00 Å². The van der Waals surface area contributed by atoms with Crippen molar-refractivity contribution in [2.75, 3.05) is 31.1 Å². The fourth-order valence-corrected chi connectivity index (χ4v) is 4.00. The van der Waals surface area contributed by atoms with Crippen LogP contribution in [0.1, 0.15) is 20.8 Å². The number of carbonyl (C=O) groups is 1. The van der Waals surface area contributed by atoms with Crippen LogP contribution in [0.5, 0.6) is 0 Å². The van der Waals surface area contributed by atoms with Crippen LogP contribution in [0.3, 0.4) is 0 Å². The lowest BCUT2D eigenvalue weighted by molar-refractivity contribution is 0.0751. The highest BCUT2D eigenvalue weighted by Crippen LogP contribution is 2.18. The fraction of sp³-hybridized carbons (Fsp3) is 0.286. The van der Waals surface area contributed by atoms with Crippen molar-refractivity contribution in [2.45, 2.75) is 13.8 Å². The highest BCUT2D eigenvalue weighted by Gasteiger charge is 2.23. The van der Waals surface area contributed by atoms with E-state index in [0.29, 0.717) is 26.2 Å². The summed E-state index contributed by atoms with van der Waals surface area (Å²) in [6, 6.07) is 13.0. The van der Waals surface area contributed by atoms with Crippen LogP contribution in [0.2, 0.25) is 0 Å². The summed E-state index contributed by atoms with van der Waals surface area (Å²) in [6.07, 6.45) is 0. The number of benzene rings is 1. The number of carbonyl (C=O) groups excluding carboxylic acids is 1. The first-order valence-electron chi connectivity index (χ1n) is 9.29. The van der Waals surface area contributed by atoms with E-state index in [9.17, 15) is 9.59 Å². The molecule has 7 heteroatoms. The quantitative estimate of drug-likeness (QED) is 0.685. The lowest BCUT2D eigenvalue weighted by Gasteiger charge is -2.35. The molecular formula is C21H22N4O2S. The molecule has 1 aromatic carbocycles. The third kappa shape index (κ3) is 3.57. The normalized spacial score (nSPS) is 14.4. The van der Waals surface area contributed by atoms with Gasteiger partial charge in [-0.15, -0.1) is 16.4 Å². The number of nitrogens with zero attached hydrogens (tertiary/aromatic N) is 4. The lowest BCUT2D eigenvalue weighted by atomic mass is 10.1. The van der Waals surface area contributed by atoms with Crippen LogP contribution in [0.15, 0.2) is 52.6 Å². The molecule has 1 amide bonds. The number of amides is 1. The molecule has 0 atom stereocenters. The molecule has 4 rings (SSSR count). The molecule has 3 heterocycles. The van der Waals surface area contributed by atoms with Crippen LogP contribution in [0, 0.1) is 13.8 Å². The van der Waals surface area contributed by atoms with E-state index < -0.39 is 0 Å². The van der Waals surface area contributed by atoms with E-state index >= 15 is 0 Å². The van der Waals surface area contributed by atoms with Crippen molar-refractivity contribution in [3.63, 3.8) is 0 Å². The Balaban J connectivity index is 1.52. The zero-order valence-corrected chi connectivity index (χ0v) is 16.8. The monoisotopic (exact) mass is 394 g/mol. The van der Waals surface area contributed by atoms with Crippen molar-refractivity contribution in [3.05, 3.63) is 74.2 Å². The molecule has 1 fully saturated rings. The zero-order chi connectivity index (χ0) is 19.7. The molecule has 0 radical (unpaired) electrons. The van der Waals surface area contributed by atoms with Crippen molar-refractivity contribution in [3.8, 4) is 5.69 Å². The molecule has 2 aromatic heterocycles. The first-order chi connectivity index (χ1) is 13.5. The first kappa shape index (κ1) is 18.4. The molecule has 0 spiro atoms. The van der Waals surface area contributed by atoms with Gasteiger partial charge in [0.2, 0.25) is 0 Å². The Hall–Kier alpha value is -2.93. The topological polar surface area (TPSA) is 58.4 Å². The molecule has 1 aliphatic rings. The summed E-state index contributed by atoms with van der Waals surface area (Å²) < 4.78 is 1.45. The fourth-order valence-electron chi connectivity index (χ4n) is 3.31. The summed E-state index contributed by atoms with van der Waals surface area (Å²) in [5.41, 5.74) is 2.91. The molecular weight excluding hydrogens is 372 g/mol. The van der Waals surface area contributed by atoms with Crippen molar-refractivity contribution >= 4 is 23.1 Å². The molecule has 0 unspecified atom stereocenters.